The molecule has 0 fully saturated rings. The molecule has 2 heteroatoms. The van der Waals surface area contributed by atoms with Gasteiger partial charge in [0.2, 0.25) is 0 Å². The summed E-state index contributed by atoms with van der Waals surface area (Å²) in [4.78, 5) is 2.81. The predicted octanol–water partition coefficient (Wildman–Crippen LogP) is 7.27. The molecule has 3 rings (SSSR count). The van der Waals surface area contributed by atoms with Crippen LogP contribution in [-0.4, -0.2) is 4.57 Å². The lowest BCUT2D eigenvalue weighted by Gasteiger charge is -2.12. The molecule has 0 aliphatic carbocycles. The van der Waals surface area contributed by atoms with Crippen LogP contribution < -0.4 is 0 Å². The number of nitrogens with zero attached hydrogens (tertiary/aromatic N) is 1. The minimum absolute atomic E-state index is 0.548. The van der Waals surface area contributed by atoms with Crippen molar-refractivity contribution in [3.8, 4) is 0 Å². The smallest absolute Gasteiger partial charge is 0.0491 e. The van der Waals surface area contributed by atoms with E-state index in [2.05, 4.69) is 89.6 Å². The van der Waals surface area contributed by atoms with E-state index in [0.717, 1.165) is 6.42 Å². The molecule has 2 aromatic carbocycles. The van der Waals surface area contributed by atoms with Crippen LogP contribution in [0.1, 0.15) is 56.0 Å². The van der Waals surface area contributed by atoms with Gasteiger partial charge in [0.1, 0.15) is 0 Å². The van der Waals surface area contributed by atoms with Crippen LogP contribution in [0.15, 0.2) is 46.2 Å². The number of benzene rings is 2. The fourth-order valence-corrected chi connectivity index (χ4v) is 4.80. The number of aryl methyl sites for hydroxylation is 3. The van der Waals surface area contributed by atoms with E-state index in [1.807, 2.05) is 11.8 Å². The molecular formula is C24H31NS. The van der Waals surface area contributed by atoms with Crippen LogP contribution in [0.3, 0.4) is 0 Å². The van der Waals surface area contributed by atoms with Gasteiger partial charge in [-0.05, 0) is 67.0 Å². The van der Waals surface area contributed by atoms with Crippen molar-refractivity contribution in [2.45, 2.75) is 63.7 Å². The van der Waals surface area contributed by atoms with Gasteiger partial charge < -0.3 is 4.57 Å². The summed E-state index contributed by atoms with van der Waals surface area (Å²) in [5, 5.41) is 1.40. The molecule has 0 saturated heterocycles. The zero-order chi connectivity index (χ0) is 19.0. The van der Waals surface area contributed by atoms with E-state index in [1.165, 1.54) is 43.1 Å². The molecule has 0 radical (unpaired) electrons. The summed E-state index contributed by atoms with van der Waals surface area (Å²) in [6.45, 7) is 13.6. The molecule has 138 valence electrons. The van der Waals surface area contributed by atoms with Gasteiger partial charge in [-0.1, -0.05) is 57.7 Å². The van der Waals surface area contributed by atoms with Crippen LogP contribution in [0.4, 0.5) is 0 Å². The molecule has 0 atom stereocenters. The lowest BCUT2D eigenvalue weighted by atomic mass is 10.0. The Balaban J connectivity index is 2.22. The molecule has 0 spiro atoms. The van der Waals surface area contributed by atoms with Gasteiger partial charge in [0.25, 0.3) is 0 Å². The Morgan fingerprint density at radius 1 is 0.962 bits per heavy atom. The first-order valence-electron chi connectivity index (χ1n) is 9.64. The van der Waals surface area contributed by atoms with E-state index in [1.54, 1.807) is 0 Å². The molecule has 3 aromatic rings. The van der Waals surface area contributed by atoms with E-state index >= 15 is 0 Å². The summed E-state index contributed by atoms with van der Waals surface area (Å²) >= 11 is 1.95. The Morgan fingerprint density at radius 2 is 1.69 bits per heavy atom. The summed E-state index contributed by atoms with van der Waals surface area (Å²) in [7, 11) is 2.22. The molecular weight excluding hydrogens is 334 g/mol. The summed E-state index contributed by atoms with van der Waals surface area (Å²) in [5.74, 6) is 1.19. The van der Waals surface area contributed by atoms with Crippen LogP contribution in [0, 0.1) is 19.8 Å². The van der Waals surface area contributed by atoms with Crippen molar-refractivity contribution in [1.82, 2.24) is 4.57 Å². The van der Waals surface area contributed by atoms with Gasteiger partial charge in [-0.15, -0.1) is 0 Å². The van der Waals surface area contributed by atoms with Crippen LogP contribution in [0.5, 0.6) is 0 Å². The first kappa shape index (κ1) is 19.1. The van der Waals surface area contributed by atoms with Gasteiger partial charge in [-0.3, -0.25) is 0 Å². The van der Waals surface area contributed by atoms with Crippen molar-refractivity contribution in [3.05, 3.63) is 58.8 Å². The van der Waals surface area contributed by atoms with Gasteiger partial charge in [-0.2, -0.15) is 0 Å². The standard InChI is InChI=1S/C24H31NS/c1-15(2)12-22-24(26-23-13-17(5)8-9-18(23)6)20-14-19(16(3)4)10-11-21(20)25(22)7/h8-11,13-16H,12H2,1-7H3. The monoisotopic (exact) mass is 365 g/mol. The molecule has 0 N–H and O–H groups in total. The topological polar surface area (TPSA) is 4.93 Å². The van der Waals surface area contributed by atoms with Gasteiger partial charge in [0.15, 0.2) is 0 Å². The quantitative estimate of drug-likeness (QED) is 0.460. The fraction of sp³-hybridized carbons (Fsp3) is 0.417. The highest BCUT2D eigenvalue weighted by Gasteiger charge is 2.19. The summed E-state index contributed by atoms with van der Waals surface area (Å²) in [6, 6.07) is 13.8. The molecule has 1 heterocycles. The maximum atomic E-state index is 2.41. The minimum Gasteiger partial charge on any atom is -0.347 e. The summed E-state index contributed by atoms with van der Waals surface area (Å²) in [5.41, 5.74) is 6.90. The molecule has 0 amide bonds. The van der Waals surface area contributed by atoms with Crippen molar-refractivity contribution >= 4 is 22.7 Å². The molecule has 26 heavy (non-hydrogen) atoms. The number of hydrogen-bond donors (Lipinski definition) is 0. The third-order valence-electron chi connectivity index (χ3n) is 5.12. The van der Waals surface area contributed by atoms with Crippen molar-refractivity contribution in [1.29, 1.82) is 0 Å². The Morgan fingerprint density at radius 3 is 2.35 bits per heavy atom. The fourth-order valence-electron chi connectivity index (χ4n) is 3.50. The van der Waals surface area contributed by atoms with Crippen molar-refractivity contribution in [2.75, 3.05) is 0 Å². The van der Waals surface area contributed by atoms with Gasteiger partial charge >= 0.3 is 0 Å². The number of rotatable bonds is 5. The maximum Gasteiger partial charge on any atom is 0.0491 e. The Labute approximate surface area is 162 Å². The average Bonchev–Trinajstić information content (AvgIpc) is 2.83. The van der Waals surface area contributed by atoms with E-state index in [-0.39, 0.29) is 0 Å². The molecule has 0 unspecified atom stereocenters. The lowest BCUT2D eigenvalue weighted by Crippen LogP contribution is -2.02. The third-order valence-corrected chi connectivity index (χ3v) is 6.44. The second-order valence-corrected chi connectivity index (χ2v) is 9.29. The molecule has 1 aromatic heterocycles. The first-order valence-corrected chi connectivity index (χ1v) is 10.5. The highest BCUT2D eigenvalue weighted by molar-refractivity contribution is 7.99. The SMILES string of the molecule is Cc1ccc(C)c(Sc2c(CC(C)C)n(C)c3ccc(C(C)C)cc23)c1. The Hall–Kier alpha value is -1.67. The van der Waals surface area contributed by atoms with Crippen LogP contribution >= 0.6 is 11.8 Å². The van der Waals surface area contributed by atoms with Crippen LogP contribution in [0.25, 0.3) is 10.9 Å². The zero-order valence-corrected chi connectivity index (χ0v) is 18.0. The second kappa shape index (κ2) is 7.52. The Kier molecular flexibility index (Phi) is 5.53. The van der Waals surface area contributed by atoms with Crippen molar-refractivity contribution in [3.63, 3.8) is 0 Å². The van der Waals surface area contributed by atoms with E-state index in [9.17, 15) is 0 Å². The molecule has 0 saturated carbocycles. The normalized spacial score (nSPS) is 11.9. The highest BCUT2D eigenvalue weighted by Crippen LogP contribution is 2.41. The Bertz CT molecular complexity index is 931. The van der Waals surface area contributed by atoms with Crippen molar-refractivity contribution < 1.29 is 0 Å². The number of hydrogen-bond acceptors (Lipinski definition) is 1. The van der Waals surface area contributed by atoms with E-state index in [0.29, 0.717) is 11.8 Å². The predicted molar refractivity (Wildman–Crippen MR) is 116 cm³/mol. The van der Waals surface area contributed by atoms with Crippen molar-refractivity contribution in [2.24, 2.45) is 13.0 Å². The molecule has 0 aliphatic heterocycles. The molecule has 0 bridgehead atoms. The first-order chi connectivity index (χ1) is 12.3. The van der Waals surface area contributed by atoms with Gasteiger partial charge in [0, 0.05) is 33.4 Å². The van der Waals surface area contributed by atoms with Crippen LogP contribution in [0.2, 0.25) is 0 Å². The molecule has 1 nitrogen and oxygen atoms in total. The second-order valence-electron chi connectivity index (χ2n) is 8.24. The number of aromatic nitrogens is 1. The highest BCUT2D eigenvalue weighted by atomic mass is 32.2. The lowest BCUT2D eigenvalue weighted by molar-refractivity contribution is 0.612. The number of fused-ring (bicyclic) bond motifs is 1. The van der Waals surface area contributed by atoms with Crippen LogP contribution in [-0.2, 0) is 13.5 Å². The largest absolute Gasteiger partial charge is 0.347 e. The summed E-state index contributed by atoms with van der Waals surface area (Å²) < 4.78 is 2.41. The minimum atomic E-state index is 0.548. The maximum absolute atomic E-state index is 2.41. The van der Waals surface area contributed by atoms with Gasteiger partial charge in [-0.25, -0.2) is 0 Å². The summed E-state index contributed by atoms with van der Waals surface area (Å²) in [6.07, 6.45) is 1.11. The third kappa shape index (κ3) is 3.71. The zero-order valence-electron chi connectivity index (χ0n) is 17.2. The molecule has 0 aliphatic rings. The van der Waals surface area contributed by atoms with Gasteiger partial charge in [0.05, 0.1) is 0 Å². The van der Waals surface area contributed by atoms with E-state index < -0.39 is 0 Å². The van der Waals surface area contributed by atoms with E-state index in [4.69, 9.17) is 0 Å². The average molecular weight is 366 g/mol.